The van der Waals surface area contributed by atoms with Gasteiger partial charge in [0.1, 0.15) is 11.5 Å². The molecule has 1 unspecified atom stereocenters. The van der Waals surface area contributed by atoms with Crippen molar-refractivity contribution in [2.24, 2.45) is 0 Å². The third kappa shape index (κ3) is 6.31. The third-order valence-corrected chi connectivity index (χ3v) is 3.73. The van der Waals surface area contributed by atoms with Gasteiger partial charge in [-0.05, 0) is 43.3 Å². The zero-order valence-corrected chi connectivity index (χ0v) is 14.5. The predicted octanol–water partition coefficient (Wildman–Crippen LogP) is 0.448. The van der Waals surface area contributed by atoms with Crippen LogP contribution in [-0.2, 0) is 16.1 Å². The predicted molar refractivity (Wildman–Crippen MR) is 93.4 cm³/mol. The van der Waals surface area contributed by atoms with Crippen LogP contribution in [0.25, 0.3) is 0 Å². The number of methoxy groups -OCH3 is 1. The van der Waals surface area contributed by atoms with Gasteiger partial charge in [-0.25, -0.2) is 0 Å². The molecule has 1 atom stereocenters. The summed E-state index contributed by atoms with van der Waals surface area (Å²) in [5.41, 5.74) is 0.698. The fourth-order valence-corrected chi connectivity index (χ4v) is 2.31. The fourth-order valence-electron chi connectivity index (χ4n) is 2.31. The zero-order chi connectivity index (χ0) is 18.1. The molecule has 25 heavy (non-hydrogen) atoms. The molecular formula is C18H24N3O4+. The molecule has 1 aromatic carbocycles. The Kier molecular flexibility index (Phi) is 7.03. The number of rotatable bonds is 9. The Morgan fingerprint density at radius 3 is 2.44 bits per heavy atom. The number of anilines is 1. The molecular weight excluding hydrogens is 322 g/mol. The Morgan fingerprint density at radius 1 is 1.12 bits per heavy atom. The van der Waals surface area contributed by atoms with Crippen molar-refractivity contribution >= 4 is 17.5 Å². The summed E-state index contributed by atoms with van der Waals surface area (Å²) in [4.78, 5) is 25.0. The van der Waals surface area contributed by atoms with E-state index in [0.29, 0.717) is 24.5 Å². The first-order valence-corrected chi connectivity index (χ1v) is 8.17. The number of carbonyl (C=O) groups excluding carboxylic acids is 2. The maximum Gasteiger partial charge on any atom is 0.279 e. The van der Waals surface area contributed by atoms with Gasteiger partial charge in [-0.15, -0.1) is 0 Å². The molecule has 7 nitrogen and oxygen atoms in total. The quantitative estimate of drug-likeness (QED) is 0.615. The topological polar surface area (TPSA) is 85.0 Å². The Bertz CT molecular complexity index is 668. The van der Waals surface area contributed by atoms with Crippen molar-refractivity contribution in [1.82, 2.24) is 5.32 Å². The summed E-state index contributed by atoms with van der Waals surface area (Å²) in [5, 5.41) is 5.61. The number of furan rings is 1. The van der Waals surface area contributed by atoms with Gasteiger partial charge in [-0.1, -0.05) is 0 Å². The smallest absolute Gasteiger partial charge is 0.279 e. The van der Waals surface area contributed by atoms with Crippen molar-refractivity contribution in [3.63, 3.8) is 0 Å². The maximum absolute atomic E-state index is 12.2. The van der Waals surface area contributed by atoms with Crippen LogP contribution in [0.1, 0.15) is 12.7 Å². The lowest BCUT2D eigenvalue weighted by Gasteiger charge is -2.16. The second-order valence-corrected chi connectivity index (χ2v) is 5.59. The molecule has 0 saturated carbocycles. The Morgan fingerprint density at radius 2 is 1.84 bits per heavy atom. The maximum atomic E-state index is 12.2. The van der Waals surface area contributed by atoms with Crippen LogP contribution in [0.3, 0.4) is 0 Å². The average Bonchev–Trinajstić information content (AvgIpc) is 3.13. The van der Waals surface area contributed by atoms with E-state index < -0.39 is 0 Å². The normalized spacial score (nSPS) is 11.6. The Balaban J connectivity index is 1.77. The van der Waals surface area contributed by atoms with Gasteiger partial charge in [0.05, 0.1) is 26.5 Å². The molecule has 0 fully saturated rings. The van der Waals surface area contributed by atoms with Crippen LogP contribution in [0.15, 0.2) is 47.1 Å². The van der Waals surface area contributed by atoms with Crippen LogP contribution < -0.4 is 20.3 Å². The van der Waals surface area contributed by atoms with Crippen molar-refractivity contribution < 1.29 is 23.6 Å². The van der Waals surface area contributed by atoms with Gasteiger partial charge in [0.25, 0.3) is 11.8 Å². The van der Waals surface area contributed by atoms with Crippen molar-refractivity contribution in [3.05, 3.63) is 48.4 Å². The number of likely N-dealkylation sites (N-methyl/N-ethyl adjacent to an activating group) is 1. The molecule has 0 aliphatic heterocycles. The lowest BCUT2D eigenvalue weighted by molar-refractivity contribution is -0.881. The summed E-state index contributed by atoms with van der Waals surface area (Å²) in [7, 11) is 1.59. The number of carbonyl (C=O) groups is 2. The van der Waals surface area contributed by atoms with Gasteiger partial charge in [0.15, 0.2) is 13.1 Å². The van der Waals surface area contributed by atoms with Crippen molar-refractivity contribution in [3.8, 4) is 5.75 Å². The zero-order valence-electron chi connectivity index (χ0n) is 14.5. The second kappa shape index (κ2) is 9.48. The molecule has 1 aromatic heterocycles. The summed E-state index contributed by atoms with van der Waals surface area (Å²) in [6, 6.07) is 10.7. The van der Waals surface area contributed by atoms with Crippen molar-refractivity contribution in [2.45, 2.75) is 13.5 Å². The third-order valence-electron chi connectivity index (χ3n) is 3.73. The number of hydrogen-bond acceptors (Lipinski definition) is 4. The average molecular weight is 346 g/mol. The molecule has 3 N–H and O–H groups in total. The first-order valence-electron chi connectivity index (χ1n) is 8.17. The minimum Gasteiger partial charge on any atom is -0.497 e. The van der Waals surface area contributed by atoms with Crippen LogP contribution in [0.4, 0.5) is 5.69 Å². The largest absolute Gasteiger partial charge is 0.497 e. The first kappa shape index (κ1) is 18.5. The first-order chi connectivity index (χ1) is 12.1. The van der Waals surface area contributed by atoms with Crippen LogP contribution in [0.5, 0.6) is 5.75 Å². The molecule has 2 aromatic rings. The molecule has 2 rings (SSSR count). The highest BCUT2D eigenvalue weighted by Crippen LogP contribution is 2.14. The number of nitrogens with one attached hydrogen (secondary N) is 3. The van der Waals surface area contributed by atoms with E-state index in [1.54, 1.807) is 49.8 Å². The summed E-state index contributed by atoms with van der Waals surface area (Å²) in [5.74, 6) is 1.17. The molecule has 7 heteroatoms. The van der Waals surface area contributed by atoms with E-state index in [2.05, 4.69) is 10.6 Å². The van der Waals surface area contributed by atoms with E-state index in [4.69, 9.17) is 9.15 Å². The molecule has 1 heterocycles. The lowest BCUT2D eigenvalue weighted by Crippen LogP contribution is -3.13. The molecule has 0 spiro atoms. The molecule has 0 bridgehead atoms. The lowest BCUT2D eigenvalue weighted by atomic mass is 10.3. The van der Waals surface area contributed by atoms with Gasteiger partial charge in [-0.3, -0.25) is 9.59 Å². The monoisotopic (exact) mass is 346 g/mol. The van der Waals surface area contributed by atoms with E-state index in [-0.39, 0.29) is 24.9 Å². The minimum absolute atomic E-state index is 0.120. The van der Waals surface area contributed by atoms with E-state index in [1.165, 1.54) is 0 Å². The van der Waals surface area contributed by atoms with Gasteiger partial charge in [0.2, 0.25) is 0 Å². The van der Waals surface area contributed by atoms with Crippen LogP contribution in [-0.4, -0.2) is 38.6 Å². The van der Waals surface area contributed by atoms with Crippen LogP contribution >= 0.6 is 0 Å². The molecule has 0 saturated heterocycles. The van der Waals surface area contributed by atoms with Crippen LogP contribution in [0, 0.1) is 0 Å². The number of quaternary nitrogens is 1. The minimum atomic E-state index is -0.138. The summed E-state index contributed by atoms with van der Waals surface area (Å²) < 4.78 is 10.2. The second-order valence-electron chi connectivity index (χ2n) is 5.59. The number of amides is 2. The van der Waals surface area contributed by atoms with Gasteiger partial charge in [-0.2, -0.15) is 0 Å². The Labute approximate surface area is 146 Å². The standard InChI is InChI=1S/C18H23N3O4/c1-3-21(12-17(22)19-11-16-5-4-10-25-16)13-18(23)20-14-6-8-15(24-2)9-7-14/h4-10H,3,11-13H2,1-2H3,(H,19,22)(H,20,23)/p+1. The highest BCUT2D eigenvalue weighted by Gasteiger charge is 2.16. The summed E-state index contributed by atoms with van der Waals surface area (Å²) >= 11 is 0. The molecule has 0 aliphatic rings. The van der Waals surface area contributed by atoms with E-state index in [0.717, 1.165) is 10.6 Å². The van der Waals surface area contributed by atoms with Gasteiger partial charge in [0, 0.05) is 5.69 Å². The van der Waals surface area contributed by atoms with E-state index in [1.807, 2.05) is 6.92 Å². The van der Waals surface area contributed by atoms with Crippen molar-refractivity contribution in [2.75, 3.05) is 32.1 Å². The Hall–Kier alpha value is -2.80. The molecule has 2 amide bonds. The van der Waals surface area contributed by atoms with Crippen molar-refractivity contribution in [1.29, 1.82) is 0 Å². The number of hydrogen-bond donors (Lipinski definition) is 3. The van der Waals surface area contributed by atoms with Gasteiger partial charge >= 0.3 is 0 Å². The fraction of sp³-hybridized carbons (Fsp3) is 0.333. The van der Waals surface area contributed by atoms with Gasteiger partial charge < -0.3 is 24.7 Å². The summed E-state index contributed by atoms with van der Waals surface area (Å²) in [6.45, 7) is 3.41. The molecule has 134 valence electrons. The summed E-state index contributed by atoms with van der Waals surface area (Å²) in [6.07, 6.45) is 1.56. The molecule has 0 radical (unpaired) electrons. The van der Waals surface area contributed by atoms with E-state index in [9.17, 15) is 9.59 Å². The van der Waals surface area contributed by atoms with Crippen LogP contribution in [0.2, 0.25) is 0 Å². The highest BCUT2D eigenvalue weighted by molar-refractivity contribution is 5.91. The van der Waals surface area contributed by atoms with E-state index >= 15 is 0 Å². The number of benzene rings is 1. The number of ether oxygens (including phenoxy) is 1. The SMILES string of the molecule is CC[NH+](CC(=O)NCc1ccco1)CC(=O)Nc1ccc(OC)cc1. The highest BCUT2D eigenvalue weighted by atomic mass is 16.5. The molecule has 0 aliphatic carbocycles.